The van der Waals surface area contributed by atoms with Crippen LogP contribution in [0.15, 0.2) is 23.1 Å². The molecule has 21 heavy (non-hydrogen) atoms. The Morgan fingerprint density at radius 1 is 1.38 bits per heavy atom. The maximum absolute atomic E-state index is 12.7. The van der Waals surface area contributed by atoms with Crippen molar-refractivity contribution in [1.29, 1.82) is 0 Å². The highest BCUT2D eigenvalue weighted by molar-refractivity contribution is 7.89. The van der Waals surface area contributed by atoms with Gasteiger partial charge in [-0.2, -0.15) is 4.31 Å². The Hall–Kier alpha value is -1.15. The first-order valence-electron chi connectivity index (χ1n) is 7.03. The Morgan fingerprint density at radius 3 is 2.95 bits per heavy atom. The first-order chi connectivity index (χ1) is 10.0. The molecule has 3 rings (SSSR count). The highest BCUT2D eigenvalue weighted by Crippen LogP contribution is 2.29. The molecule has 1 fully saturated rings. The second kappa shape index (κ2) is 5.57. The van der Waals surface area contributed by atoms with Crippen LogP contribution in [-0.2, 0) is 21.2 Å². The quantitative estimate of drug-likeness (QED) is 0.874. The van der Waals surface area contributed by atoms with Gasteiger partial charge < -0.3 is 14.6 Å². The lowest BCUT2D eigenvalue weighted by molar-refractivity contribution is -0.0750. The van der Waals surface area contributed by atoms with Crippen molar-refractivity contribution in [3.05, 3.63) is 23.8 Å². The molecule has 0 saturated carbocycles. The predicted octanol–water partition coefficient (Wildman–Crippen LogP) is 0.392. The molecule has 6 nitrogen and oxygen atoms in total. The number of rotatable bonds is 3. The smallest absolute Gasteiger partial charge is 0.243 e. The van der Waals surface area contributed by atoms with E-state index in [0.717, 1.165) is 17.7 Å². The van der Waals surface area contributed by atoms with E-state index >= 15 is 0 Å². The summed E-state index contributed by atoms with van der Waals surface area (Å²) in [4.78, 5) is 0.275. The topological polar surface area (TPSA) is 76.1 Å². The van der Waals surface area contributed by atoms with Gasteiger partial charge in [-0.15, -0.1) is 0 Å². The summed E-state index contributed by atoms with van der Waals surface area (Å²) in [5.41, 5.74) is 0.927. The van der Waals surface area contributed by atoms with Gasteiger partial charge in [0.05, 0.1) is 30.3 Å². The number of aliphatic hydroxyl groups excluding tert-OH is 1. The lowest BCUT2D eigenvalue weighted by Crippen LogP contribution is -2.50. The molecule has 7 heteroatoms. The van der Waals surface area contributed by atoms with Crippen LogP contribution in [0.25, 0.3) is 0 Å². The van der Waals surface area contributed by atoms with Crippen molar-refractivity contribution in [1.82, 2.24) is 4.31 Å². The van der Waals surface area contributed by atoms with Crippen LogP contribution in [0.1, 0.15) is 12.5 Å². The fraction of sp³-hybridized carbons (Fsp3) is 0.571. The van der Waals surface area contributed by atoms with Crippen molar-refractivity contribution in [2.75, 3.05) is 26.3 Å². The van der Waals surface area contributed by atoms with Gasteiger partial charge in [0, 0.05) is 19.5 Å². The number of nitrogens with zero attached hydrogens (tertiary/aromatic N) is 1. The molecule has 1 N–H and O–H groups in total. The molecule has 1 aromatic carbocycles. The van der Waals surface area contributed by atoms with Gasteiger partial charge in [-0.25, -0.2) is 8.42 Å². The lowest BCUT2D eigenvalue weighted by atomic mass is 10.2. The van der Waals surface area contributed by atoms with Gasteiger partial charge in [-0.3, -0.25) is 0 Å². The summed E-state index contributed by atoms with van der Waals surface area (Å²) in [5.74, 6) is 0.762. The van der Waals surface area contributed by atoms with E-state index in [1.54, 1.807) is 25.1 Å². The third kappa shape index (κ3) is 2.78. The average molecular weight is 313 g/mol. The number of aliphatic hydroxyl groups is 1. The van der Waals surface area contributed by atoms with E-state index in [1.807, 2.05) is 0 Å². The molecule has 2 aliphatic heterocycles. The minimum atomic E-state index is -3.57. The Labute approximate surface area is 124 Å². The van der Waals surface area contributed by atoms with E-state index < -0.39 is 16.1 Å². The molecule has 1 aromatic rings. The molecule has 0 radical (unpaired) electrons. The van der Waals surface area contributed by atoms with Gasteiger partial charge in [0.25, 0.3) is 0 Å². The van der Waals surface area contributed by atoms with E-state index in [9.17, 15) is 13.5 Å². The van der Waals surface area contributed by atoms with Crippen LogP contribution >= 0.6 is 0 Å². The molecule has 0 spiro atoms. The summed E-state index contributed by atoms with van der Waals surface area (Å²) in [7, 11) is -3.57. The molecule has 0 aliphatic carbocycles. The lowest BCUT2D eigenvalue weighted by Gasteiger charge is -2.35. The number of hydrogen-bond donors (Lipinski definition) is 1. The minimum Gasteiger partial charge on any atom is -0.493 e. The van der Waals surface area contributed by atoms with Crippen molar-refractivity contribution in [2.45, 2.75) is 30.4 Å². The largest absolute Gasteiger partial charge is 0.493 e. The first-order valence-corrected chi connectivity index (χ1v) is 8.47. The molecule has 0 amide bonds. The summed E-state index contributed by atoms with van der Waals surface area (Å²) in [5, 5.41) is 9.23. The number of ether oxygens (including phenoxy) is 2. The molecule has 2 atom stereocenters. The van der Waals surface area contributed by atoms with Gasteiger partial charge >= 0.3 is 0 Å². The summed E-state index contributed by atoms with van der Waals surface area (Å²) >= 11 is 0. The van der Waals surface area contributed by atoms with Crippen LogP contribution in [0.2, 0.25) is 0 Å². The van der Waals surface area contributed by atoms with Crippen molar-refractivity contribution in [3.63, 3.8) is 0 Å². The third-order valence-corrected chi connectivity index (χ3v) is 5.62. The maximum Gasteiger partial charge on any atom is 0.243 e. The van der Waals surface area contributed by atoms with Crippen molar-refractivity contribution in [3.8, 4) is 5.75 Å². The molecule has 2 aliphatic rings. The Morgan fingerprint density at radius 2 is 2.19 bits per heavy atom. The Kier molecular flexibility index (Phi) is 3.92. The second-order valence-corrected chi connectivity index (χ2v) is 7.38. The number of morpholine rings is 1. The minimum absolute atomic E-state index is 0.177. The SMILES string of the molecule is CC1CN(S(=O)(=O)c2ccc3c(c2)CCO3)CC(CO)O1. The fourth-order valence-electron chi connectivity index (χ4n) is 2.77. The normalized spacial score (nSPS) is 26.4. The Balaban J connectivity index is 1.89. The van der Waals surface area contributed by atoms with Crippen molar-refractivity contribution >= 4 is 10.0 Å². The molecular formula is C14H19NO5S. The monoisotopic (exact) mass is 313 g/mol. The highest BCUT2D eigenvalue weighted by atomic mass is 32.2. The molecule has 0 bridgehead atoms. The van der Waals surface area contributed by atoms with Gasteiger partial charge in [-0.1, -0.05) is 0 Å². The van der Waals surface area contributed by atoms with E-state index in [1.165, 1.54) is 4.31 Å². The summed E-state index contributed by atoms with van der Waals surface area (Å²) in [6.07, 6.45) is 0.0296. The molecule has 2 heterocycles. The molecule has 1 saturated heterocycles. The van der Waals surface area contributed by atoms with Gasteiger partial charge in [-0.05, 0) is 30.7 Å². The number of fused-ring (bicyclic) bond motifs is 1. The highest BCUT2D eigenvalue weighted by Gasteiger charge is 2.34. The zero-order valence-corrected chi connectivity index (χ0v) is 12.7. The number of hydrogen-bond acceptors (Lipinski definition) is 5. The van der Waals surface area contributed by atoms with Crippen LogP contribution in [0.3, 0.4) is 0 Å². The van der Waals surface area contributed by atoms with Crippen LogP contribution in [-0.4, -0.2) is 56.3 Å². The summed E-state index contributed by atoms with van der Waals surface area (Å²) in [6, 6.07) is 4.97. The summed E-state index contributed by atoms with van der Waals surface area (Å²) < 4.78 is 37.8. The van der Waals surface area contributed by atoms with E-state index in [-0.39, 0.29) is 24.2 Å². The second-order valence-electron chi connectivity index (χ2n) is 5.44. The third-order valence-electron chi connectivity index (χ3n) is 3.80. The molecule has 2 unspecified atom stereocenters. The van der Waals surface area contributed by atoms with Crippen LogP contribution in [0, 0.1) is 0 Å². The average Bonchev–Trinajstić information content (AvgIpc) is 2.93. The molecule has 116 valence electrons. The van der Waals surface area contributed by atoms with Crippen molar-refractivity contribution in [2.24, 2.45) is 0 Å². The Bertz CT molecular complexity index is 630. The van der Waals surface area contributed by atoms with Crippen molar-refractivity contribution < 1.29 is 23.0 Å². The first kappa shape index (κ1) is 14.8. The van der Waals surface area contributed by atoms with E-state index in [2.05, 4.69) is 0 Å². The zero-order valence-electron chi connectivity index (χ0n) is 11.9. The van der Waals surface area contributed by atoms with Gasteiger partial charge in [0.1, 0.15) is 5.75 Å². The summed E-state index contributed by atoms with van der Waals surface area (Å²) in [6.45, 7) is 2.69. The number of sulfonamides is 1. The molecule has 0 aromatic heterocycles. The maximum atomic E-state index is 12.7. The van der Waals surface area contributed by atoms with E-state index in [4.69, 9.17) is 9.47 Å². The predicted molar refractivity (Wildman–Crippen MR) is 75.8 cm³/mol. The van der Waals surface area contributed by atoms with Crippen LogP contribution < -0.4 is 4.74 Å². The van der Waals surface area contributed by atoms with Crippen LogP contribution in [0.4, 0.5) is 0 Å². The fourth-order valence-corrected chi connectivity index (χ4v) is 4.37. The molecular weight excluding hydrogens is 294 g/mol. The van der Waals surface area contributed by atoms with Crippen LogP contribution in [0.5, 0.6) is 5.75 Å². The number of benzene rings is 1. The standard InChI is InChI=1S/C14H19NO5S/c1-10-7-15(8-12(9-16)20-10)21(17,18)13-2-3-14-11(6-13)4-5-19-14/h2-3,6,10,12,16H,4-5,7-9H2,1H3. The van der Waals surface area contributed by atoms with Gasteiger partial charge in [0.2, 0.25) is 10.0 Å². The van der Waals surface area contributed by atoms with E-state index in [0.29, 0.717) is 13.2 Å². The van der Waals surface area contributed by atoms with Gasteiger partial charge in [0.15, 0.2) is 0 Å². The zero-order chi connectivity index (χ0) is 15.0.